The summed E-state index contributed by atoms with van der Waals surface area (Å²) in [6, 6.07) is 6.88. The zero-order valence-corrected chi connectivity index (χ0v) is 10.3. The predicted octanol–water partition coefficient (Wildman–Crippen LogP) is 2.46. The Labute approximate surface area is 97.0 Å². The van der Waals surface area contributed by atoms with Crippen LogP contribution in [0.4, 0.5) is 4.39 Å². The number of nitrogens with two attached hydrogens (primary N) is 1. The van der Waals surface area contributed by atoms with Gasteiger partial charge in [-0.25, -0.2) is 4.39 Å². The molecule has 0 radical (unpaired) electrons. The van der Waals surface area contributed by atoms with E-state index in [1.807, 2.05) is 19.2 Å². The van der Waals surface area contributed by atoms with Gasteiger partial charge in [0.1, 0.15) is 5.82 Å². The molecule has 1 rings (SSSR count). The molecule has 1 atom stereocenters. The highest BCUT2D eigenvalue weighted by Crippen LogP contribution is 2.36. The number of rotatable bonds is 5. The molecule has 3 heteroatoms. The van der Waals surface area contributed by atoms with Gasteiger partial charge in [0.15, 0.2) is 0 Å². The number of halogens is 1. The molecule has 0 spiro atoms. The van der Waals surface area contributed by atoms with Crippen LogP contribution >= 0.6 is 0 Å². The molecule has 1 unspecified atom stereocenters. The van der Waals surface area contributed by atoms with E-state index >= 15 is 0 Å². The molecule has 0 aliphatic rings. The van der Waals surface area contributed by atoms with Crippen LogP contribution < -0.4 is 11.1 Å². The monoisotopic (exact) mass is 224 g/mol. The lowest BCUT2D eigenvalue weighted by atomic mass is 9.77. The number of nitrogens with one attached hydrogen (secondary N) is 1. The molecule has 3 N–H and O–H groups in total. The van der Waals surface area contributed by atoms with Gasteiger partial charge in [-0.3, -0.25) is 0 Å². The van der Waals surface area contributed by atoms with Crippen LogP contribution in [0, 0.1) is 11.2 Å². The molecule has 0 heterocycles. The van der Waals surface area contributed by atoms with E-state index in [2.05, 4.69) is 19.2 Å². The van der Waals surface area contributed by atoms with Crippen molar-refractivity contribution in [2.45, 2.75) is 26.3 Å². The molecule has 0 saturated heterocycles. The number of hydrogen-bond donors (Lipinski definition) is 2. The second-order valence-electron chi connectivity index (χ2n) is 4.77. The Bertz CT molecular complexity index is 336. The molecule has 0 saturated carbocycles. The van der Waals surface area contributed by atoms with Gasteiger partial charge in [0.2, 0.25) is 0 Å². The highest BCUT2D eigenvalue weighted by Gasteiger charge is 2.30. The standard InChI is InChI=1S/C13H21FN2/c1-13(2,8-9-15)12(16-3)10-6-4-5-7-11(10)14/h4-7,12,16H,8-9,15H2,1-3H3. The lowest BCUT2D eigenvalue weighted by Gasteiger charge is -2.34. The Hall–Kier alpha value is -0.930. The van der Waals surface area contributed by atoms with Crippen molar-refractivity contribution in [2.75, 3.05) is 13.6 Å². The van der Waals surface area contributed by atoms with E-state index in [1.165, 1.54) is 6.07 Å². The summed E-state index contributed by atoms with van der Waals surface area (Å²) in [5, 5.41) is 3.19. The first-order valence-electron chi connectivity index (χ1n) is 5.64. The van der Waals surface area contributed by atoms with E-state index in [0.29, 0.717) is 12.1 Å². The molecule has 0 amide bonds. The Morgan fingerprint density at radius 1 is 1.38 bits per heavy atom. The highest BCUT2D eigenvalue weighted by atomic mass is 19.1. The molecule has 16 heavy (non-hydrogen) atoms. The van der Waals surface area contributed by atoms with Crippen LogP contribution in [0.25, 0.3) is 0 Å². The zero-order chi connectivity index (χ0) is 12.2. The van der Waals surface area contributed by atoms with Crippen LogP contribution in [0.2, 0.25) is 0 Å². The van der Waals surface area contributed by atoms with Crippen molar-refractivity contribution in [3.63, 3.8) is 0 Å². The fourth-order valence-corrected chi connectivity index (χ4v) is 2.19. The maximum absolute atomic E-state index is 13.7. The van der Waals surface area contributed by atoms with Gasteiger partial charge in [-0.05, 0) is 31.5 Å². The molecule has 2 nitrogen and oxygen atoms in total. The second-order valence-corrected chi connectivity index (χ2v) is 4.77. The number of hydrogen-bond acceptors (Lipinski definition) is 2. The van der Waals surface area contributed by atoms with Crippen molar-refractivity contribution < 1.29 is 4.39 Å². The Morgan fingerprint density at radius 2 is 2.00 bits per heavy atom. The lowest BCUT2D eigenvalue weighted by Crippen LogP contribution is -2.34. The maximum atomic E-state index is 13.7. The molecular formula is C13H21FN2. The average Bonchev–Trinajstić information content (AvgIpc) is 2.21. The second kappa shape index (κ2) is 5.41. The van der Waals surface area contributed by atoms with Gasteiger partial charge in [-0.2, -0.15) is 0 Å². The van der Waals surface area contributed by atoms with Crippen LogP contribution in [0.5, 0.6) is 0 Å². The topological polar surface area (TPSA) is 38.0 Å². The third-order valence-corrected chi connectivity index (χ3v) is 3.08. The summed E-state index contributed by atoms with van der Waals surface area (Å²) in [6.07, 6.45) is 0.854. The Balaban J connectivity index is 3.03. The first-order chi connectivity index (χ1) is 7.53. The smallest absolute Gasteiger partial charge is 0.127 e. The van der Waals surface area contributed by atoms with Crippen molar-refractivity contribution in [3.05, 3.63) is 35.6 Å². The summed E-state index contributed by atoms with van der Waals surface area (Å²) < 4.78 is 13.7. The molecule has 0 fully saturated rings. The van der Waals surface area contributed by atoms with Gasteiger partial charge in [0, 0.05) is 11.6 Å². The fourth-order valence-electron chi connectivity index (χ4n) is 2.19. The van der Waals surface area contributed by atoms with Crippen molar-refractivity contribution >= 4 is 0 Å². The van der Waals surface area contributed by atoms with Gasteiger partial charge in [0.25, 0.3) is 0 Å². The average molecular weight is 224 g/mol. The molecule has 1 aromatic carbocycles. The number of benzene rings is 1. The minimum Gasteiger partial charge on any atom is -0.330 e. The summed E-state index contributed by atoms with van der Waals surface area (Å²) in [5.74, 6) is -0.160. The van der Waals surface area contributed by atoms with Crippen LogP contribution in [-0.4, -0.2) is 13.6 Å². The third kappa shape index (κ3) is 2.80. The van der Waals surface area contributed by atoms with Crippen LogP contribution in [-0.2, 0) is 0 Å². The van der Waals surface area contributed by atoms with Gasteiger partial charge in [-0.15, -0.1) is 0 Å². The first kappa shape index (κ1) is 13.1. The van der Waals surface area contributed by atoms with Gasteiger partial charge < -0.3 is 11.1 Å². The van der Waals surface area contributed by atoms with Crippen molar-refractivity contribution in [1.29, 1.82) is 0 Å². The third-order valence-electron chi connectivity index (χ3n) is 3.08. The molecule has 0 bridgehead atoms. The van der Waals surface area contributed by atoms with Gasteiger partial charge >= 0.3 is 0 Å². The summed E-state index contributed by atoms with van der Waals surface area (Å²) >= 11 is 0. The Morgan fingerprint density at radius 3 is 2.50 bits per heavy atom. The minimum absolute atomic E-state index is 0.0164. The van der Waals surface area contributed by atoms with Crippen LogP contribution in [0.15, 0.2) is 24.3 Å². The Kier molecular flexibility index (Phi) is 4.44. The lowest BCUT2D eigenvalue weighted by molar-refractivity contribution is 0.234. The molecule has 0 aliphatic carbocycles. The van der Waals surface area contributed by atoms with E-state index < -0.39 is 0 Å². The zero-order valence-electron chi connectivity index (χ0n) is 10.3. The van der Waals surface area contributed by atoms with Crippen molar-refractivity contribution in [3.8, 4) is 0 Å². The highest BCUT2D eigenvalue weighted by molar-refractivity contribution is 5.23. The van der Waals surface area contributed by atoms with Gasteiger partial charge in [0.05, 0.1) is 0 Å². The molecule has 0 aliphatic heterocycles. The summed E-state index contributed by atoms with van der Waals surface area (Å²) in [7, 11) is 1.86. The maximum Gasteiger partial charge on any atom is 0.127 e. The summed E-state index contributed by atoms with van der Waals surface area (Å²) in [5.41, 5.74) is 6.25. The van der Waals surface area contributed by atoms with Crippen molar-refractivity contribution in [2.24, 2.45) is 11.1 Å². The summed E-state index contributed by atoms with van der Waals surface area (Å²) in [4.78, 5) is 0. The van der Waals surface area contributed by atoms with E-state index in [9.17, 15) is 4.39 Å². The minimum atomic E-state index is -0.160. The van der Waals surface area contributed by atoms with Crippen LogP contribution in [0.3, 0.4) is 0 Å². The van der Waals surface area contributed by atoms with E-state index in [0.717, 1.165) is 6.42 Å². The molecule has 90 valence electrons. The van der Waals surface area contributed by atoms with E-state index in [-0.39, 0.29) is 17.3 Å². The molecule has 1 aromatic rings. The van der Waals surface area contributed by atoms with Crippen LogP contribution in [0.1, 0.15) is 31.9 Å². The summed E-state index contributed by atoms with van der Waals surface area (Å²) in [6.45, 7) is 4.82. The van der Waals surface area contributed by atoms with Gasteiger partial charge in [-0.1, -0.05) is 32.0 Å². The first-order valence-corrected chi connectivity index (χ1v) is 5.64. The largest absolute Gasteiger partial charge is 0.330 e. The van der Waals surface area contributed by atoms with Crippen molar-refractivity contribution in [1.82, 2.24) is 5.32 Å². The SMILES string of the molecule is CNC(c1ccccc1F)C(C)(C)CCN. The van der Waals surface area contributed by atoms with E-state index in [4.69, 9.17) is 5.73 Å². The predicted molar refractivity (Wildman–Crippen MR) is 65.7 cm³/mol. The quantitative estimate of drug-likeness (QED) is 0.806. The molecular weight excluding hydrogens is 203 g/mol. The molecule has 0 aromatic heterocycles. The van der Waals surface area contributed by atoms with E-state index in [1.54, 1.807) is 6.07 Å². The fraction of sp³-hybridized carbons (Fsp3) is 0.538. The normalized spacial score (nSPS) is 13.8.